The van der Waals surface area contributed by atoms with Gasteiger partial charge in [0, 0.05) is 25.1 Å². The molecule has 2 aromatic carbocycles. The lowest BCUT2D eigenvalue weighted by Crippen LogP contribution is -2.28. The molecule has 0 bridgehead atoms. The second kappa shape index (κ2) is 9.99. The highest BCUT2D eigenvalue weighted by Gasteiger charge is 2.21. The van der Waals surface area contributed by atoms with E-state index in [-0.39, 0.29) is 24.3 Å². The summed E-state index contributed by atoms with van der Waals surface area (Å²) >= 11 is 0. The van der Waals surface area contributed by atoms with Crippen molar-refractivity contribution in [1.29, 1.82) is 0 Å². The van der Waals surface area contributed by atoms with E-state index >= 15 is 0 Å². The first kappa shape index (κ1) is 25.1. The number of esters is 1. The Hall–Kier alpha value is -3.14. The monoisotopic (exact) mass is 466 g/mol. The topological polar surface area (TPSA) is 111 Å². The van der Waals surface area contributed by atoms with Gasteiger partial charge in [-0.15, -0.1) is 0 Å². The highest BCUT2D eigenvalue weighted by atomic mass is 32.2. The van der Waals surface area contributed by atoms with E-state index in [1.54, 1.807) is 18.2 Å². The molecule has 0 fully saturated rings. The summed E-state index contributed by atoms with van der Waals surface area (Å²) in [4.78, 5) is 23.5. The van der Waals surface area contributed by atoms with E-state index in [1.807, 2.05) is 20.8 Å². The number of sulfonamides is 1. The van der Waals surface area contributed by atoms with Crippen molar-refractivity contribution in [3.8, 4) is 11.5 Å². The quantitative estimate of drug-likeness (QED) is 0.457. The first-order chi connectivity index (χ1) is 14.7. The molecule has 0 saturated heterocycles. The molecule has 0 spiro atoms. The van der Waals surface area contributed by atoms with Crippen LogP contribution < -0.4 is 19.5 Å². The maximum Gasteiger partial charge on any atom is 0.308 e. The summed E-state index contributed by atoms with van der Waals surface area (Å²) in [6.45, 7) is 6.98. The van der Waals surface area contributed by atoms with Crippen LogP contribution >= 0.6 is 0 Å². The normalized spacial score (nSPS) is 11.6. The Balaban J connectivity index is 1.97. The molecule has 174 valence electrons. The SMILES string of the molecule is CC(=O)Oc1cc(OCC(=O)NCc2ccc(NS(C)(=O)=O)c(F)c2)ccc1C(C)(C)C. The third-order valence-corrected chi connectivity index (χ3v) is 4.79. The minimum Gasteiger partial charge on any atom is -0.484 e. The molecule has 2 N–H and O–H groups in total. The molecule has 0 atom stereocenters. The third kappa shape index (κ3) is 7.84. The molecule has 0 aliphatic rings. The van der Waals surface area contributed by atoms with Gasteiger partial charge in [0.1, 0.15) is 17.3 Å². The van der Waals surface area contributed by atoms with Gasteiger partial charge in [-0.25, -0.2) is 12.8 Å². The number of anilines is 1. The van der Waals surface area contributed by atoms with Crippen LogP contribution in [-0.4, -0.2) is 33.2 Å². The highest BCUT2D eigenvalue weighted by molar-refractivity contribution is 7.92. The Morgan fingerprint density at radius 2 is 1.78 bits per heavy atom. The van der Waals surface area contributed by atoms with Gasteiger partial charge in [0.25, 0.3) is 5.91 Å². The number of carbonyl (C=O) groups excluding carboxylic acids is 2. The van der Waals surface area contributed by atoms with Gasteiger partial charge < -0.3 is 14.8 Å². The lowest BCUT2D eigenvalue weighted by molar-refractivity contribution is -0.132. The Morgan fingerprint density at radius 3 is 2.34 bits per heavy atom. The average Bonchev–Trinajstić information content (AvgIpc) is 2.64. The van der Waals surface area contributed by atoms with Gasteiger partial charge in [-0.05, 0) is 29.2 Å². The van der Waals surface area contributed by atoms with Crippen LogP contribution in [0.2, 0.25) is 0 Å². The molecule has 8 nitrogen and oxygen atoms in total. The number of hydrogen-bond acceptors (Lipinski definition) is 6. The van der Waals surface area contributed by atoms with Crippen molar-refractivity contribution >= 4 is 27.6 Å². The van der Waals surface area contributed by atoms with Gasteiger partial charge in [-0.1, -0.05) is 32.9 Å². The van der Waals surface area contributed by atoms with Crippen molar-refractivity contribution in [3.05, 3.63) is 53.3 Å². The molecule has 0 aromatic heterocycles. The van der Waals surface area contributed by atoms with Crippen molar-refractivity contribution in [3.63, 3.8) is 0 Å². The molecule has 2 aromatic rings. The number of halogens is 1. The number of carbonyl (C=O) groups is 2. The molecule has 1 amide bonds. The molecular weight excluding hydrogens is 439 g/mol. The van der Waals surface area contributed by atoms with E-state index in [0.29, 0.717) is 17.1 Å². The van der Waals surface area contributed by atoms with Gasteiger partial charge in [0.2, 0.25) is 10.0 Å². The maximum absolute atomic E-state index is 14.0. The van der Waals surface area contributed by atoms with Crippen LogP contribution in [0, 0.1) is 5.82 Å². The second-order valence-electron chi connectivity index (χ2n) is 8.26. The maximum atomic E-state index is 14.0. The number of benzene rings is 2. The van der Waals surface area contributed by atoms with Crippen LogP contribution in [0.5, 0.6) is 11.5 Å². The molecule has 2 rings (SSSR count). The fourth-order valence-electron chi connectivity index (χ4n) is 2.80. The van der Waals surface area contributed by atoms with E-state index in [1.165, 1.54) is 19.1 Å². The molecule has 0 unspecified atom stereocenters. The molecule has 0 heterocycles. The zero-order valence-corrected chi connectivity index (χ0v) is 19.4. The summed E-state index contributed by atoms with van der Waals surface area (Å²) in [5.74, 6) is -0.948. The Bertz CT molecular complexity index is 1110. The Labute approximate surface area is 187 Å². The van der Waals surface area contributed by atoms with Crippen molar-refractivity contribution < 1.29 is 31.9 Å². The molecular formula is C22H27FN2O6S. The minimum absolute atomic E-state index is 0.0277. The van der Waals surface area contributed by atoms with Crippen LogP contribution in [-0.2, 0) is 31.6 Å². The highest BCUT2D eigenvalue weighted by Crippen LogP contribution is 2.34. The summed E-state index contributed by atoms with van der Waals surface area (Å²) in [7, 11) is -3.60. The van der Waals surface area contributed by atoms with Gasteiger partial charge in [0.15, 0.2) is 6.61 Å². The summed E-state index contributed by atoms with van der Waals surface area (Å²) in [6.07, 6.45) is 0.923. The predicted molar refractivity (Wildman–Crippen MR) is 119 cm³/mol. The minimum atomic E-state index is -3.60. The van der Waals surface area contributed by atoms with Crippen molar-refractivity contribution in [1.82, 2.24) is 5.32 Å². The van der Waals surface area contributed by atoms with E-state index in [2.05, 4.69) is 10.0 Å². The van der Waals surface area contributed by atoms with Gasteiger partial charge in [-0.2, -0.15) is 0 Å². The lowest BCUT2D eigenvalue weighted by atomic mass is 9.86. The largest absolute Gasteiger partial charge is 0.484 e. The van der Waals surface area contributed by atoms with Crippen molar-refractivity contribution in [2.45, 2.75) is 39.7 Å². The molecule has 0 aliphatic heterocycles. The van der Waals surface area contributed by atoms with Gasteiger partial charge in [0.05, 0.1) is 11.9 Å². The number of nitrogens with one attached hydrogen (secondary N) is 2. The molecule has 0 radical (unpaired) electrons. The van der Waals surface area contributed by atoms with Crippen molar-refractivity contribution in [2.75, 3.05) is 17.6 Å². The summed E-state index contributed by atoms with van der Waals surface area (Å²) in [6, 6.07) is 8.92. The number of hydrogen-bond donors (Lipinski definition) is 2. The zero-order valence-electron chi connectivity index (χ0n) is 18.6. The molecule has 32 heavy (non-hydrogen) atoms. The summed E-state index contributed by atoms with van der Waals surface area (Å²) in [5, 5.41) is 2.59. The van der Waals surface area contributed by atoms with E-state index < -0.39 is 27.7 Å². The van der Waals surface area contributed by atoms with E-state index in [4.69, 9.17) is 9.47 Å². The van der Waals surface area contributed by atoms with Crippen LogP contribution in [0.1, 0.15) is 38.8 Å². The standard InChI is InChI=1S/C22H27FN2O6S/c1-14(26)31-20-11-16(7-8-17(20)22(2,3)4)30-13-21(27)24-12-15-6-9-19(18(23)10-15)25-32(5,28)29/h6-11,25H,12-13H2,1-5H3,(H,24,27). The molecule has 0 saturated carbocycles. The fourth-order valence-corrected chi connectivity index (χ4v) is 3.37. The smallest absolute Gasteiger partial charge is 0.308 e. The average molecular weight is 467 g/mol. The first-order valence-electron chi connectivity index (χ1n) is 9.73. The summed E-state index contributed by atoms with van der Waals surface area (Å²) in [5.41, 5.74) is 0.831. The van der Waals surface area contributed by atoms with Crippen LogP contribution in [0.25, 0.3) is 0 Å². The lowest BCUT2D eigenvalue weighted by Gasteiger charge is -2.22. The van der Waals surface area contributed by atoms with Crippen LogP contribution in [0.3, 0.4) is 0 Å². The van der Waals surface area contributed by atoms with Crippen molar-refractivity contribution in [2.24, 2.45) is 0 Å². The van der Waals surface area contributed by atoms with Gasteiger partial charge >= 0.3 is 5.97 Å². The van der Waals surface area contributed by atoms with E-state index in [9.17, 15) is 22.4 Å². The first-order valence-corrected chi connectivity index (χ1v) is 11.6. The number of rotatable bonds is 8. The zero-order chi connectivity index (χ0) is 24.1. The van der Waals surface area contributed by atoms with Crippen LogP contribution in [0.15, 0.2) is 36.4 Å². The summed E-state index contributed by atoms with van der Waals surface area (Å²) < 4.78 is 49.3. The van der Waals surface area contributed by atoms with Crippen LogP contribution in [0.4, 0.5) is 10.1 Å². The fraction of sp³-hybridized carbons (Fsp3) is 0.364. The van der Waals surface area contributed by atoms with E-state index in [0.717, 1.165) is 17.9 Å². The second-order valence-corrected chi connectivity index (χ2v) is 10.0. The Morgan fingerprint density at radius 1 is 1.09 bits per heavy atom. The predicted octanol–water partition coefficient (Wildman–Crippen LogP) is 3.12. The Kier molecular flexibility index (Phi) is 7.84. The number of amides is 1. The van der Waals surface area contributed by atoms with Gasteiger partial charge in [-0.3, -0.25) is 14.3 Å². The number of ether oxygens (including phenoxy) is 2. The molecule has 0 aliphatic carbocycles. The molecule has 10 heteroatoms. The third-order valence-electron chi connectivity index (χ3n) is 4.20.